The number of aromatic nitrogens is 2. The number of aryl methyl sites for hydroxylation is 1. The highest BCUT2D eigenvalue weighted by Gasteiger charge is 2.05. The van der Waals surface area contributed by atoms with E-state index in [1.54, 1.807) is 6.20 Å². The van der Waals surface area contributed by atoms with Gasteiger partial charge in [0.25, 0.3) is 5.91 Å². The van der Waals surface area contributed by atoms with Gasteiger partial charge in [0.15, 0.2) is 0 Å². The molecule has 0 aromatic carbocycles. The molecule has 1 aromatic heterocycles. The van der Waals surface area contributed by atoms with E-state index in [0.717, 1.165) is 12.1 Å². The van der Waals surface area contributed by atoms with Crippen LogP contribution in [0.15, 0.2) is 12.4 Å². The van der Waals surface area contributed by atoms with E-state index in [2.05, 4.69) is 15.3 Å². The average molecular weight is 194 g/mol. The third kappa shape index (κ3) is 3.10. The van der Waals surface area contributed by atoms with Crippen molar-refractivity contribution in [3.05, 3.63) is 23.8 Å². The zero-order chi connectivity index (χ0) is 10.4. The van der Waals surface area contributed by atoms with E-state index in [-0.39, 0.29) is 5.91 Å². The lowest BCUT2D eigenvalue weighted by Gasteiger charge is -2.02. The summed E-state index contributed by atoms with van der Waals surface area (Å²) in [5, 5.41) is 2.70. The summed E-state index contributed by atoms with van der Waals surface area (Å²) in [6.07, 6.45) is 3.80. The molecule has 1 rings (SSSR count). The minimum atomic E-state index is -0.203. The molecule has 0 spiro atoms. The Morgan fingerprint density at radius 1 is 1.50 bits per heavy atom. The molecular formula is C9H14N4O. The first-order chi connectivity index (χ1) is 6.74. The van der Waals surface area contributed by atoms with Crippen LogP contribution in [0.3, 0.4) is 0 Å². The Morgan fingerprint density at radius 2 is 2.29 bits per heavy atom. The van der Waals surface area contributed by atoms with Gasteiger partial charge in [-0.2, -0.15) is 0 Å². The number of nitrogens with two attached hydrogens (primary N) is 1. The number of carbonyl (C=O) groups is 1. The number of nitrogens with zero attached hydrogens (tertiary/aromatic N) is 2. The van der Waals surface area contributed by atoms with Crippen molar-refractivity contribution in [1.29, 1.82) is 0 Å². The second-order valence-corrected chi connectivity index (χ2v) is 2.94. The first-order valence-electron chi connectivity index (χ1n) is 4.51. The van der Waals surface area contributed by atoms with Crippen LogP contribution in [0.4, 0.5) is 0 Å². The number of rotatable bonds is 4. The second-order valence-electron chi connectivity index (χ2n) is 2.94. The summed E-state index contributed by atoms with van der Waals surface area (Å²) in [5.41, 5.74) is 6.43. The number of nitrogens with one attached hydrogen (secondary N) is 1. The summed E-state index contributed by atoms with van der Waals surface area (Å²) in [6, 6.07) is 0. The van der Waals surface area contributed by atoms with Gasteiger partial charge in [-0.1, -0.05) is 0 Å². The van der Waals surface area contributed by atoms with Gasteiger partial charge in [0.1, 0.15) is 5.69 Å². The zero-order valence-corrected chi connectivity index (χ0v) is 8.16. The number of hydrogen-bond acceptors (Lipinski definition) is 4. The van der Waals surface area contributed by atoms with E-state index in [1.807, 2.05) is 6.92 Å². The summed E-state index contributed by atoms with van der Waals surface area (Å²) < 4.78 is 0. The van der Waals surface area contributed by atoms with E-state index >= 15 is 0 Å². The smallest absolute Gasteiger partial charge is 0.271 e. The summed E-state index contributed by atoms with van der Waals surface area (Å²) in [7, 11) is 0. The molecule has 1 amide bonds. The standard InChI is InChI=1S/C9H14N4O/c1-7-5-13-8(6-12-7)9(14)11-4-2-3-10/h5-6H,2-4,10H2,1H3,(H,11,14). The zero-order valence-electron chi connectivity index (χ0n) is 8.16. The van der Waals surface area contributed by atoms with Crippen molar-refractivity contribution in [1.82, 2.24) is 15.3 Å². The Kier molecular flexibility index (Phi) is 4.00. The van der Waals surface area contributed by atoms with Crippen LogP contribution < -0.4 is 11.1 Å². The molecule has 0 fully saturated rings. The minimum Gasteiger partial charge on any atom is -0.351 e. The van der Waals surface area contributed by atoms with Gasteiger partial charge >= 0.3 is 0 Å². The molecule has 0 aliphatic heterocycles. The summed E-state index contributed by atoms with van der Waals surface area (Å²) in [4.78, 5) is 19.3. The molecule has 0 unspecified atom stereocenters. The fourth-order valence-corrected chi connectivity index (χ4v) is 0.904. The molecule has 0 bridgehead atoms. The highest BCUT2D eigenvalue weighted by Crippen LogP contribution is 1.93. The fourth-order valence-electron chi connectivity index (χ4n) is 0.904. The largest absolute Gasteiger partial charge is 0.351 e. The van der Waals surface area contributed by atoms with Gasteiger partial charge < -0.3 is 11.1 Å². The van der Waals surface area contributed by atoms with Crippen molar-refractivity contribution in [3.8, 4) is 0 Å². The molecule has 5 heteroatoms. The lowest BCUT2D eigenvalue weighted by molar-refractivity contribution is 0.0948. The lowest BCUT2D eigenvalue weighted by Crippen LogP contribution is -2.26. The van der Waals surface area contributed by atoms with Crippen LogP contribution in [0.2, 0.25) is 0 Å². The highest BCUT2D eigenvalue weighted by molar-refractivity contribution is 5.91. The molecule has 1 aromatic rings. The quantitative estimate of drug-likeness (QED) is 0.654. The van der Waals surface area contributed by atoms with Gasteiger partial charge in [0.2, 0.25) is 0 Å². The third-order valence-electron chi connectivity index (χ3n) is 1.68. The maximum Gasteiger partial charge on any atom is 0.271 e. The van der Waals surface area contributed by atoms with Crippen LogP contribution in [-0.4, -0.2) is 29.0 Å². The molecule has 1 heterocycles. The topological polar surface area (TPSA) is 80.9 Å². The first-order valence-corrected chi connectivity index (χ1v) is 4.51. The third-order valence-corrected chi connectivity index (χ3v) is 1.68. The molecule has 76 valence electrons. The molecule has 5 nitrogen and oxygen atoms in total. The van der Waals surface area contributed by atoms with Crippen molar-refractivity contribution >= 4 is 5.91 Å². The minimum absolute atomic E-state index is 0.203. The predicted molar refractivity (Wildman–Crippen MR) is 52.8 cm³/mol. The van der Waals surface area contributed by atoms with Gasteiger partial charge in [-0.3, -0.25) is 9.78 Å². The number of carbonyl (C=O) groups excluding carboxylic acids is 1. The van der Waals surface area contributed by atoms with E-state index in [0.29, 0.717) is 18.8 Å². The van der Waals surface area contributed by atoms with E-state index < -0.39 is 0 Å². The number of hydrogen-bond donors (Lipinski definition) is 2. The van der Waals surface area contributed by atoms with Gasteiger partial charge in [0, 0.05) is 12.7 Å². The van der Waals surface area contributed by atoms with Crippen LogP contribution in [0.1, 0.15) is 22.6 Å². The van der Waals surface area contributed by atoms with Crippen molar-refractivity contribution in [2.24, 2.45) is 5.73 Å². The molecule has 0 saturated carbocycles. The molecule has 0 aliphatic rings. The van der Waals surface area contributed by atoms with Crippen LogP contribution in [-0.2, 0) is 0 Å². The molecule has 0 radical (unpaired) electrons. The summed E-state index contributed by atoms with van der Waals surface area (Å²) in [6.45, 7) is 2.97. The van der Waals surface area contributed by atoms with Crippen LogP contribution in [0.5, 0.6) is 0 Å². The van der Waals surface area contributed by atoms with Crippen molar-refractivity contribution < 1.29 is 4.79 Å². The van der Waals surface area contributed by atoms with Gasteiger partial charge in [-0.15, -0.1) is 0 Å². The lowest BCUT2D eigenvalue weighted by atomic mass is 10.3. The SMILES string of the molecule is Cc1cnc(C(=O)NCCCN)cn1. The number of amides is 1. The summed E-state index contributed by atoms with van der Waals surface area (Å²) in [5.74, 6) is -0.203. The molecule has 0 aliphatic carbocycles. The van der Waals surface area contributed by atoms with Gasteiger partial charge in [0.05, 0.1) is 11.9 Å². The normalized spacial score (nSPS) is 9.86. The fraction of sp³-hybridized carbons (Fsp3) is 0.444. The second kappa shape index (κ2) is 5.29. The molecule has 3 N–H and O–H groups in total. The van der Waals surface area contributed by atoms with Crippen molar-refractivity contribution in [2.45, 2.75) is 13.3 Å². The van der Waals surface area contributed by atoms with Crippen molar-refractivity contribution in [3.63, 3.8) is 0 Å². The average Bonchev–Trinajstić information content (AvgIpc) is 2.19. The van der Waals surface area contributed by atoms with E-state index in [1.165, 1.54) is 6.20 Å². The molecule has 0 atom stereocenters. The van der Waals surface area contributed by atoms with Gasteiger partial charge in [-0.05, 0) is 19.9 Å². The maximum atomic E-state index is 11.4. The van der Waals surface area contributed by atoms with Gasteiger partial charge in [-0.25, -0.2) is 4.98 Å². The van der Waals surface area contributed by atoms with Crippen molar-refractivity contribution in [2.75, 3.05) is 13.1 Å². The predicted octanol–water partition coefficient (Wildman–Crippen LogP) is -0.136. The Labute approximate surface area is 82.7 Å². The Hall–Kier alpha value is -1.49. The summed E-state index contributed by atoms with van der Waals surface area (Å²) >= 11 is 0. The highest BCUT2D eigenvalue weighted by atomic mass is 16.1. The Bertz CT molecular complexity index is 296. The van der Waals surface area contributed by atoms with E-state index in [4.69, 9.17) is 5.73 Å². The molecule has 14 heavy (non-hydrogen) atoms. The first kappa shape index (κ1) is 10.6. The van der Waals surface area contributed by atoms with Crippen LogP contribution >= 0.6 is 0 Å². The molecule has 0 saturated heterocycles. The molecular weight excluding hydrogens is 180 g/mol. The van der Waals surface area contributed by atoms with Crippen LogP contribution in [0, 0.1) is 6.92 Å². The van der Waals surface area contributed by atoms with E-state index in [9.17, 15) is 4.79 Å². The monoisotopic (exact) mass is 194 g/mol. The Balaban J connectivity index is 2.48. The Morgan fingerprint density at radius 3 is 2.86 bits per heavy atom. The van der Waals surface area contributed by atoms with Crippen LogP contribution in [0.25, 0.3) is 0 Å². The maximum absolute atomic E-state index is 11.4.